The molecule has 2 amide bonds. The van der Waals surface area contributed by atoms with Crippen LogP contribution in [0.25, 0.3) is 0 Å². The van der Waals surface area contributed by atoms with E-state index in [1.165, 1.54) is 6.92 Å². The van der Waals surface area contributed by atoms with Crippen LogP contribution in [0, 0.1) is 11.6 Å². The van der Waals surface area contributed by atoms with Crippen molar-refractivity contribution in [2.75, 3.05) is 11.9 Å². The third-order valence-electron chi connectivity index (χ3n) is 3.72. The Balaban J connectivity index is 2.22. The van der Waals surface area contributed by atoms with Gasteiger partial charge in [-0.1, -0.05) is 11.6 Å². The molecule has 2 rings (SSSR count). The van der Waals surface area contributed by atoms with E-state index in [9.17, 15) is 23.5 Å². The van der Waals surface area contributed by atoms with Crippen LogP contribution in [0.5, 0.6) is 0 Å². The van der Waals surface area contributed by atoms with Crippen molar-refractivity contribution in [3.8, 4) is 0 Å². The molecule has 2 N–H and O–H groups in total. The summed E-state index contributed by atoms with van der Waals surface area (Å²) in [5.41, 5.74) is -2.42. The van der Waals surface area contributed by atoms with Crippen molar-refractivity contribution in [3.05, 3.63) is 28.8 Å². The second-order valence-corrected chi connectivity index (χ2v) is 7.97. The molecule has 1 fully saturated rings. The Labute approximate surface area is 155 Å². The zero-order valence-corrected chi connectivity index (χ0v) is 15.7. The first-order chi connectivity index (χ1) is 11.8. The molecule has 1 aromatic carbocycles. The number of benzene rings is 1. The maximum absolute atomic E-state index is 13.8. The molecule has 144 valence electrons. The lowest BCUT2D eigenvalue weighted by molar-refractivity contribution is -0.120. The average molecular weight is 391 g/mol. The molecule has 6 nitrogen and oxygen atoms in total. The van der Waals surface area contributed by atoms with Crippen LogP contribution < -0.4 is 5.32 Å². The van der Waals surface area contributed by atoms with Crippen LogP contribution in [0.1, 0.15) is 34.1 Å². The molecule has 1 aliphatic rings. The van der Waals surface area contributed by atoms with Gasteiger partial charge in [-0.25, -0.2) is 13.6 Å². The van der Waals surface area contributed by atoms with Crippen molar-refractivity contribution in [1.82, 2.24) is 4.90 Å². The molecule has 9 heteroatoms. The number of amides is 2. The summed E-state index contributed by atoms with van der Waals surface area (Å²) >= 11 is 5.61. The van der Waals surface area contributed by atoms with Crippen molar-refractivity contribution >= 4 is 29.3 Å². The molecule has 1 aromatic rings. The van der Waals surface area contributed by atoms with E-state index < -0.39 is 40.9 Å². The number of β-amino-alcohol motifs (C(OH)–C–C–N with tert-alkyl or cyclic N) is 1. The molecule has 1 saturated heterocycles. The van der Waals surface area contributed by atoms with Crippen LogP contribution in [-0.2, 0) is 9.53 Å². The Morgan fingerprint density at radius 2 is 1.96 bits per heavy atom. The maximum atomic E-state index is 13.8. The van der Waals surface area contributed by atoms with E-state index in [0.29, 0.717) is 6.07 Å². The first-order valence-electron chi connectivity index (χ1n) is 7.96. The number of carbonyl (C=O) groups excluding carboxylic acids is 2. The van der Waals surface area contributed by atoms with Crippen LogP contribution in [-0.4, -0.2) is 45.8 Å². The lowest BCUT2D eigenvalue weighted by atomic mass is 10.0. The number of anilines is 1. The highest BCUT2D eigenvalue weighted by atomic mass is 35.5. The van der Waals surface area contributed by atoms with Gasteiger partial charge in [0, 0.05) is 12.5 Å². The lowest BCUT2D eigenvalue weighted by Gasteiger charge is -2.28. The normalized spacial score (nSPS) is 23.1. The minimum Gasteiger partial charge on any atom is -0.444 e. The molecule has 0 saturated carbocycles. The Morgan fingerprint density at radius 3 is 2.54 bits per heavy atom. The number of hydrogen-bond acceptors (Lipinski definition) is 4. The third-order valence-corrected chi connectivity index (χ3v) is 4.01. The predicted octanol–water partition coefficient (Wildman–Crippen LogP) is 3.32. The van der Waals surface area contributed by atoms with E-state index in [1.54, 1.807) is 20.8 Å². The number of halogens is 3. The predicted molar refractivity (Wildman–Crippen MR) is 92.0 cm³/mol. The SMILES string of the molecule is CC(C)(C)OC(=O)N1C[C@@](C)(O)C[C@H]1C(=O)Nc1cc(Cl)c(F)cc1F. The van der Waals surface area contributed by atoms with Gasteiger partial charge in [0.15, 0.2) is 0 Å². The van der Waals surface area contributed by atoms with Crippen molar-refractivity contribution in [2.24, 2.45) is 0 Å². The molecule has 2 atom stereocenters. The Bertz CT molecular complexity index is 734. The van der Waals surface area contributed by atoms with E-state index in [4.69, 9.17) is 16.3 Å². The second kappa shape index (κ2) is 7.00. The lowest BCUT2D eigenvalue weighted by Crippen LogP contribution is -2.45. The molecule has 1 aliphatic heterocycles. The monoisotopic (exact) mass is 390 g/mol. The summed E-state index contributed by atoms with van der Waals surface area (Å²) < 4.78 is 32.3. The third kappa shape index (κ3) is 4.82. The second-order valence-electron chi connectivity index (χ2n) is 7.56. The van der Waals surface area contributed by atoms with Gasteiger partial charge in [0.2, 0.25) is 5.91 Å². The van der Waals surface area contributed by atoms with E-state index >= 15 is 0 Å². The van der Waals surface area contributed by atoms with Gasteiger partial charge in [0.1, 0.15) is 23.3 Å². The van der Waals surface area contributed by atoms with Gasteiger partial charge < -0.3 is 15.2 Å². The summed E-state index contributed by atoms with van der Waals surface area (Å²) in [6.07, 6.45) is -0.831. The smallest absolute Gasteiger partial charge is 0.411 e. The fourth-order valence-corrected chi connectivity index (χ4v) is 2.81. The number of nitrogens with zero attached hydrogens (tertiary/aromatic N) is 1. The Kier molecular flexibility index (Phi) is 5.49. The van der Waals surface area contributed by atoms with Crippen molar-refractivity contribution in [3.63, 3.8) is 0 Å². The number of carbonyl (C=O) groups is 2. The summed E-state index contributed by atoms with van der Waals surface area (Å²) in [5, 5.41) is 12.2. The highest BCUT2D eigenvalue weighted by Gasteiger charge is 2.46. The van der Waals surface area contributed by atoms with Gasteiger partial charge in [-0.2, -0.15) is 0 Å². The van der Waals surface area contributed by atoms with Crippen LogP contribution in [0.15, 0.2) is 12.1 Å². The minimum atomic E-state index is -1.31. The van der Waals surface area contributed by atoms with Gasteiger partial charge in [-0.05, 0) is 33.8 Å². The van der Waals surface area contributed by atoms with Gasteiger partial charge >= 0.3 is 6.09 Å². The summed E-state index contributed by atoms with van der Waals surface area (Å²) in [7, 11) is 0. The zero-order valence-electron chi connectivity index (χ0n) is 14.9. The van der Waals surface area contributed by atoms with E-state index in [-0.39, 0.29) is 23.7 Å². The molecule has 0 aliphatic carbocycles. The number of likely N-dealkylation sites (tertiary alicyclic amines) is 1. The molecule has 0 spiro atoms. The fraction of sp³-hybridized carbons (Fsp3) is 0.529. The topological polar surface area (TPSA) is 78.9 Å². The van der Waals surface area contributed by atoms with E-state index in [0.717, 1.165) is 11.0 Å². The summed E-state index contributed by atoms with van der Waals surface area (Å²) in [4.78, 5) is 26.0. The molecule has 1 heterocycles. The molecule has 26 heavy (non-hydrogen) atoms. The molecule has 0 unspecified atom stereocenters. The first-order valence-corrected chi connectivity index (χ1v) is 8.34. The van der Waals surface area contributed by atoms with Gasteiger partial charge in [0.05, 0.1) is 22.9 Å². The summed E-state index contributed by atoms with van der Waals surface area (Å²) in [6, 6.07) is 0.409. The number of aliphatic hydroxyl groups is 1. The molecule has 0 radical (unpaired) electrons. The van der Waals surface area contributed by atoms with Crippen LogP contribution in [0.3, 0.4) is 0 Å². The largest absolute Gasteiger partial charge is 0.444 e. The van der Waals surface area contributed by atoms with Crippen molar-refractivity contribution in [2.45, 2.75) is 51.4 Å². The minimum absolute atomic E-state index is 0.0609. The van der Waals surface area contributed by atoms with Crippen LogP contribution in [0.4, 0.5) is 19.3 Å². The highest BCUT2D eigenvalue weighted by molar-refractivity contribution is 6.31. The maximum Gasteiger partial charge on any atom is 0.411 e. The highest BCUT2D eigenvalue weighted by Crippen LogP contribution is 2.30. The standard InChI is InChI=1S/C17H21ClF2N2O4/c1-16(2,3)26-15(24)22-8-17(4,25)7-13(22)14(23)21-12-5-9(18)10(19)6-11(12)20/h5-6,13,25H,7-8H2,1-4H3,(H,21,23)/t13-,17-/m0/s1. The van der Waals surface area contributed by atoms with Crippen LogP contribution in [0.2, 0.25) is 5.02 Å². The number of ether oxygens (including phenoxy) is 1. The van der Waals surface area contributed by atoms with Crippen molar-refractivity contribution < 1.29 is 28.2 Å². The Morgan fingerprint density at radius 1 is 1.35 bits per heavy atom. The number of nitrogens with one attached hydrogen (secondary N) is 1. The quantitative estimate of drug-likeness (QED) is 0.759. The summed E-state index contributed by atoms with van der Waals surface area (Å²) in [5.74, 6) is -2.70. The zero-order chi connectivity index (χ0) is 19.9. The Hall–Kier alpha value is -1.93. The van der Waals surface area contributed by atoms with E-state index in [2.05, 4.69) is 5.32 Å². The molecule has 0 aromatic heterocycles. The summed E-state index contributed by atoms with van der Waals surface area (Å²) in [6.45, 7) is 6.37. The molecule has 0 bridgehead atoms. The molecular weight excluding hydrogens is 370 g/mol. The van der Waals surface area contributed by atoms with Crippen LogP contribution >= 0.6 is 11.6 Å². The van der Waals surface area contributed by atoms with Gasteiger partial charge in [-0.15, -0.1) is 0 Å². The van der Waals surface area contributed by atoms with E-state index in [1.807, 2.05) is 0 Å². The fourth-order valence-electron chi connectivity index (χ4n) is 2.65. The molecular formula is C17H21ClF2N2O4. The average Bonchev–Trinajstić information content (AvgIpc) is 2.79. The number of hydrogen-bond donors (Lipinski definition) is 2. The van der Waals surface area contributed by atoms with Gasteiger partial charge in [-0.3, -0.25) is 9.69 Å². The van der Waals surface area contributed by atoms with Gasteiger partial charge in [0.25, 0.3) is 0 Å². The first kappa shape index (κ1) is 20.4. The number of rotatable bonds is 2. The van der Waals surface area contributed by atoms with Crippen molar-refractivity contribution in [1.29, 1.82) is 0 Å².